The molecule has 3 N–H and O–H groups in total. The molecule has 4 unspecified atom stereocenters. The number of carbonyl (C=O) groups is 1. The molecule has 0 heterocycles. The fourth-order valence-corrected chi connectivity index (χ4v) is 8.98. The zero-order chi connectivity index (χ0) is 32.1. The quantitative estimate of drug-likeness (QED) is 0.126. The van der Waals surface area contributed by atoms with Crippen molar-refractivity contribution in [1.29, 1.82) is 0 Å². The lowest BCUT2D eigenvalue weighted by Crippen LogP contribution is -2.47. The second-order valence-electron chi connectivity index (χ2n) is 14.3. The van der Waals surface area contributed by atoms with Crippen LogP contribution in [0, 0.1) is 29.1 Å². The predicted molar refractivity (Wildman–Crippen MR) is 160 cm³/mol. The van der Waals surface area contributed by atoms with Crippen LogP contribution in [-0.4, -0.2) is 39.5 Å². The molecule has 2 saturated carbocycles. The smallest absolute Gasteiger partial charge is 0.453 e. The molecule has 1 aromatic carbocycles. The highest BCUT2D eigenvalue weighted by molar-refractivity contribution is 5.69. The number of phenols is 1. The summed E-state index contributed by atoms with van der Waals surface area (Å²) >= 11 is 0. The second-order valence-corrected chi connectivity index (χ2v) is 14.3. The Morgan fingerprint density at radius 1 is 0.932 bits per heavy atom. The Balaban J connectivity index is 1.16. The molecule has 44 heavy (non-hydrogen) atoms. The van der Waals surface area contributed by atoms with E-state index in [1.54, 1.807) is 0 Å². The van der Waals surface area contributed by atoms with Gasteiger partial charge < -0.3 is 15.3 Å². The van der Waals surface area contributed by atoms with E-state index in [4.69, 9.17) is 0 Å². The SMILES string of the molecule is C[C@]12CCC3c4ccc(O)cc4C[C@@H](CCCCCCCCC(CCCCCC(F)(F)C(F)(F)F)C(=O)O)C3C1CC[C@@H]2O. The number of halogens is 5. The molecule has 0 radical (unpaired) electrons. The standard InChI is InChI=1S/C35H51F5O4/c1-33-20-18-28-27-15-14-26(41)22-25(27)21-24(31(28)29(33)16-17-30(33)42)13-8-5-3-2-4-7-11-23(32(43)44)12-9-6-10-19-34(36,37)35(38,39)40/h14-15,22-24,28-31,41-42H,2-13,16-21H2,1H3,(H,43,44)/t23?,24-,28?,29?,30+,31?,33+/m1/s1. The first-order valence-electron chi connectivity index (χ1n) is 16.9. The number of phenolic OH excluding ortho intramolecular Hbond substituents is 1. The largest absolute Gasteiger partial charge is 0.508 e. The molecule has 0 spiro atoms. The first-order chi connectivity index (χ1) is 20.7. The van der Waals surface area contributed by atoms with Crippen molar-refractivity contribution >= 4 is 5.97 Å². The predicted octanol–water partition coefficient (Wildman–Crippen LogP) is 9.80. The van der Waals surface area contributed by atoms with Gasteiger partial charge in [-0.1, -0.05) is 64.4 Å². The molecule has 3 aliphatic rings. The fourth-order valence-electron chi connectivity index (χ4n) is 8.98. The highest BCUT2D eigenvalue weighted by atomic mass is 19.4. The molecule has 250 valence electrons. The van der Waals surface area contributed by atoms with Crippen molar-refractivity contribution in [2.24, 2.45) is 29.1 Å². The van der Waals surface area contributed by atoms with Crippen LogP contribution < -0.4 is 0 Å². The first kappa shape index (κ1) is 35.0. The number of aliphatic carboxylic acids is 1. The number of benzene rings is 1. The minimum Gasteiger partial charge on any atom is -0.508 e. The average Bonchev–Trinajstić information content (AvgIpc) is 3.25. The number of aliphatic hydroxyl groups is 1. The Labute approximate surface area is 258 Å². The van der Waals surface area contributed by atoms with E-state index in [0.717, 1.165) is 77.0 Å². The van der Waals surface area contributed by atoms with Crippen molar-refractivity contribution in [1.82, 2.24) is 0 Å². The number of fused-ring (bicyclic) bond motifs is 5. The summed E-state index contributed by atoms with van der Waals surface area (Å²) in [6, 6.07) is 5.90. The zero-order valence-electron chi connectivity index (χ0n) is 26.1. The number of carboxylic acids is 1. The zero-order valence-corrected chi connectivity index (χ0v) is 26.1. The summed E-state index contributed by atoms with van der Waals surface area (Å²) in [5.41, 5.74) is 2.68. The Morgan fingerprint density at radius 2 is 1.57 bits per heavy atom. The van der Waals surface area contributed by atoms with Crippen molar-refractivity contribution < 1.29 is 42.1 Å². The van der Waals surface area contributed by atoms with Crippen molar-refractivity contribution in [3.05, 3.63) is 29.3 Å². The number of hydrogen-bond acceptors (Lipinski definition) is 3. The molecule has 9 heteroatoms. The number of alkyl halides is 5. The van der Waals surface area contributed by atoms with Crippen molar-refractivity contribution in [2.75, 3.05) is 0 Å². The topological polar surface area (TPSA) is 77.8 Å². The second kappa shape index (κ2) is 14.7. The molecule has 0 aliphatic heterocycles. The van der Waals surface area contributed by atoms with Crippen LogP contribution in [0.15, 0.2) is 18.2 Å². The van der Waals surface area contributed by atoms with Crippen LogP contribution in [-0.2, 0) is 11.2 Å². The molecule has 0 saturated heterocycles. The van der Waals surface area contributed by atoms with Crippen LogP contribution >= 0.6 is 0 Å². The maximum atomic E-state index is 13.0. The molecular formula is C35H51F5O4. The van der Waals surface area contributed by atoms with E-state index in [0.29, 0.717) is 48.7 Å². The highest BCUT2D eigenvalue weighted by Gasteiger charge is 2.57. The summed E-state index contributed by atoms with van der Waals surface area (Å²) in [4.78, 5) is 11.6. The van der Waals surface area contributed by atoms with Gasteiger partial charge in [-0.3, -0.25) is 4.79 Å². The molecule has 2 fully saturated rings. The van der Waals surface area contributed by atoms with Crippen molar-refractivity contribution in [2.45, 2.75) is 147 Å². The van der Waals surface area contributed by atoms with Gasteiger partial charge in [0.15, 0.2) is 0 Å². The van der Waals surface area contributed by atoms with E-state index < -0.39 is 30.4 Å². The highest BCUT2D eigenvalue weighted by Crippen LogP contribution is 2.62. The molecule has 4 nitrogen and oxygen atoms in total. The molecule has 0 aromatic heterocycles. The van der Waals surface area contributed by atoms with Gasteiger partial charge in [0.2, 0.25) is 0 Å². The summed E-state index contributed by atoms with van der Waals surface area (Å²) in [6.07, 6.45) is 6.24. The van der Waals surface area contributed by atoms with E-state index in [1.807, 2.05) is 12.1 Å². The van der Waals surface area contributed by atoms with Crippen LogP contribution in [0.3, 0.4) is 0 Å². The summed E-state index contributed by atoms with van der Waals surface area (Å²) in [5.74, 6) is -3.74. The number of rotatable bonds is 16. The molecule has 1 aromatic rings. The molecule has 7 atom stereocenters. The van der Waals surface area contributed by atoms with Crippen molar-refractivity contribution in [3.8, 4) is 5.75 Å². The van der Waals surface area contributed by atoms with Crippen molar-refractivity contribution in [3.63, 3.8) is 0 Å². The maximum absolute atomic E-state index is 13.0. The third-order valence-electron chi connectivity index (χ3n) is 11.5. The average molecular weight is 631 g/mol. The third kappa shape index (κ3) is 8.08. The van der Waals surface area contributed by atoms with E-state index in [1.165, 1.54) is 11.1 Å². The lowest BCUT2D eigenvalue weighted by atomic mass is 9.52. The minimum atomic E-state index is -5.54. The lowest BCUT2D eigenvalue weighted by Gasteiger charge is -2.53. The molecular weight excluding hydrogens is 579 g/mol. The normalized spacial score (nSPS) is 29.1. The van der Waals surface area contributed by atoms with Gasteiger partial charge >= 0.3 is 18.1 Å². The van der Waals surface area contributed by atoms with Crippen LogP contribution in [0.4, 0.5) is 22.0 Å². The van der Waals surface area contributed by atoms with Gasteiger partial charge in [0, 0.05) is 6.42 Å². The van der Waals surface area contributed by atoms with E-state index in [-0.39, 0.29) is 24.4 Å². The summed E-state index contributed by atoms with van der Waals surface area (Å²) in [6.45, 7) is 2.30. The number of aliphatic hydroxyl groups excluding tert-OH is 1. The maximum Gasteiger partial charge on any atom is 0.453 e. The Bertz CT molecular complexity index is 1090. The Kier molecular flexibility index (Phi) is 11.7. The summed E-state index contributed by atoms with van der Waals surface area (Å²) in [5, 5.41) is 30.5. The van der Waals surface area contributed by atoms with E-state index in [9.17, 15) is 42.1 Å². The Morgan fingerprint density at radius 3 is 2.23 bits per heavy atom. The fraction of sp³-hybridized carbons (Fsp3) is 0.800. The Hall–Kier alpha value is -1.90. The van der Waals surface area contributed by atoms with Crippen LogP contribution in [0.1, 0.15) is 133 Å². The van der Waals surface area contributed by atoms with Gasteiger partial charge in [-0.05, 0) is 110 Å². The number of aromatic hydroxyl groups is 1. The number of hydrogen-bond donors (Lipinski definition) is 3. The number of carboxylic acid groups (broad SMARTS) is 1. The van der Waals surface area contributed by atoms with Gasteiger partial charge in [0.1, 0.15) is 5.75 Å². The van der Waals surface area contributed by atoms with Gasteiger partial charge in [0.05, 0.1) is 12.0 Å². The van der Waals surface area contributed by atoms with E-state index in [2.05, 4.69) is 13.0 Å². The van der Waals surface area contributed by atoms with Gasteiger partial charge in [-0.2, -0.15) is 22.0 Å². The molecule has 3 aliphatic carbocycles. The van der Waals surface area contributed by atoms with Gasteiger partial charge in [0.25, 0.3) is 0 Å². The van der Waals surface area contributed by atoms with Crippen LogP contribution in [0.2, 0.25) is 0 Å². The van der Waals surface area contributed by atoms with Gasteiger partial charge in [-0.15, -0.1) is 0 Å². The van der Waals surface area contributed by atoms with E-state index >= 15 is 0 Å². The van der Waals surface area contributed by atoms with Crippen LogP contribution in [0.5, 0.6) is 5.75 Å². The molecule has 0 bridgehead atoms. The third-order valence-corrected chi connectivity index (χ3v) is 11.5. The first-order valence-corrected chi connectivity index (χ1v) is 16.9. The lowest BCUT2D eigenvalue weighted by molar-refractivity contribution is -0.284. The minimum absolute atomic E-state index is 0.00341. The molecule has 4 rings (SSSR count). The van der Waals surface area contributed by atoms with Gasteiger partial charge in [-0.25, -0.2) is 0 Å². The summed E-state index contributed by atoms with van der Waals surface area (Å²) in [7, 11) is 0. The monoisotopic (exact) mass is 630 g/mol. The van der Waals surface area contributed by atoms with Crippen LogP contribution in [0.25, 0.3) is 0 Å². The summed E-state index contributed by atoms with van der Waals surface area (Å²) < 4.78 is 62.9. The number of unbranched alkanes of at least 4 members (excludes halogenated alkanes) is 7. The molecule has 0 amide bonds.